The first kappa shape index (κ1) is 16.5. The second-order valence-corrected chi connectivity index (χ2v) is 6.74. The topological polar surface area (TPSA) is 62.2 Å². The summed E-state index contributed by atoms with van der Waals surface area (Å²) in [5.74, 6) is -0.376. The number of anilines is 1. The predicted molar refractivity (Wildman–Crippen MR) is 98.1 cm³/mol. The molecule has 1 aromatic heterocycles. The van der Waals surface area contributed by atoms with E-state index in [1.54, 1.807) is 0 Å². The van der Waals surface area contributed by atoms with Crippen LogP contribution in [0.25, 0.3) is 11.3 Å². The third-order valence-corrected chi connectivity index (χ3v) is 4.66. The van der Waals surface area contributed by atoms with Crippen LogP contribution in [0.2, 0.25) is 5.02 Å². The molecular formula is C18H15ClN2O2S. The van der Waals surface area contributed by atoms with Crippen molar-refractivity contribution in [3.63, 3.8) is 0 Å². The first-order valence-corrected chi connectivity index (χ1v) is 8.53. The van der Waals surface area contributed by atoms with E-state index in [2.05, 4.69) is 28.5 Å². The molecule has 0 aliphatic rings. The number of halogens is 1. The van der Waals surface area contributed by atoms with Gasteiger partial charge < -0.3 is 5.11 Å². The Kier molecular flexibility index (Phi) is 4.55. The average Bonchev–Trinajstić information content (AvgIpc) is 3.00. The number of hydrogen-bond acceptors (Lipinski definition) is 4. The van der Waals surface area contributed by atoms with Crippen molar-refractivity contribution >= 4 is 34.0 Å². The number of phenols is 1. The zero-order valence-electron chi connectivity index (χ0n) is 13.1. The smallest absolute Gasteiger partial charge is 0.257 e. The molecule has 4 nitrogen and oxygen atoms in total. The third kappa shape index (κ3) is 3.42. The minimum Gasteiger partial charge on any atom is -0.506 e. The summed E-state index contributed by atoms with van der Waals surface area (Å²) in [5, 5.41) is 14.7. The van der Waals surface area contributed by atoms with Crippen molar-refractivity contribution < 1.29 is 9.90 Å². The number of rotatable bonds is 3. The number of aromatic nitrogens is 1. The van der Waals surface area contributed by atoms with Gasteiger partial charge in [0.15, 0.2) is 5.13 Å². The summed E-state index contributed by atoms with van der Waals surface area (Å²) in [6, 6.07) is 10.5. The van der Waals surface area contributed by atoms with Crippen molar-refractivity contribution in [3.8, 4) is 17.0 Å². The Hall–Kier alpha value is -2.37. The molecule has 0 fully saturated rings. The van der Waals surface area contributed by atoms with E-state index >= 15 is 0 Å². The monoisotopic (exact) mass is 358 g/mol. The molecule has 0 unspecified atom stereocenters. The van der Waals surface area contributed by atoms with Gasteiger partial charge in [0, 0.05) is 16.5 Å². The lowest BCUT2D eigenvalue weighted by Gasteiger charge is -2.05. The lowest BCUT2D eigenvalue weighted by molar-refractivity contribution is 0.102. The molecular weight excluding hydrogens is 344 g/mol. The van der Waals surface area contributed by atoms with Gasteiger partial charge in [-0.3, -0.25) is 10.1 Å². The maximum atomic E-state index is 12.3. The molecule has 1 heterocycles. The van der Waals surface area contributed by atoms with Gasteiger partial charge in [0.2, 0.25) is 0 Å². The van der Waals surface area contributed by atoms with Crippen molar-refractivity contribution in [1.29, 1.82) is 0 Å². The standard InChI is InChI=1S/C18H15ClN2O2S/c1-10-3-4-11(2)13(7-10)15-9-24-18(20-15)21-17(23)12-5-6-16(22)14(19)8-12/h3-9,22H,1-2H3,(H,20,21,23). The van der Waals surface area contributed by atoms with Crippen LogP contribution in [0.4, 0.5) is 5.13 Å². The van der Waals surface area contributed by atoms with Crippen LogP contribution in [0.15, 0.2) is 41.8 Å². The van der Waals surface area contributed by atoms with Gasteiger partial charge in [-0.05, 0) is 43.7 Å². The fourth-order valence-corrected chi connectivity index (χ4v) is 3.17. The average molecular weight is 359 g/mol. The molecule has 0 saturated carbocycles. The molecule has 0 aliphatic carbocycles. The first-order chi connectivity index (χ1) is 11.4. The number of hydrogen-bond donors (Lipinski definition) is 2. The number of aromatic hydroxyl groups is 1. The highest BCUT2D eigenvalue weighted by Crippen LogP contribution is 2.29. The van der Waals surface area contributed by atoms with Crippen molar-refractivity contribution in [2.45, 2.75) is 13.8 Å². The Morgan fingerprint density at radius 2 is 2.00 bits per heavy atom. The Bertz CT molecular complexity index is 921. The predicted octanol–water partition coefficient (Wildman–Crippen LogP) is 5.04. The van der Waals surface area contributed by atoms with Gasteiger partial charge in [0.05, 0.1) is 10.7 Å². The van der Waals surface area contributed by atoms with E-state index in [-0.39, 0.29) is 16.7 Å². The minimum absolute atomic E-state index is 0.0559. The highest BCUT2D eigenvalue weighted by molar-refractivity contribution is 7.14. The van der Waals surface area contributed by atoms with E-state index in [9.17, 15) is 9.90 Å². The van der Waals surface area contributed by atoms with Crippen LogP contribution in [0.5, 0.6) is 5.75 Å². The molecule has 0 spiro atoms. The summed E-state index contributed by atoms with van der Waals surface area (Å²) in [6.45, 7) is 4.07. The maximum Gasteiger partial charge on any atom is 0.257 e. The number of thiazole rings is 1. The third-order valence-electron chi connectivity index (χ3n) is 3.60. The molecule has 3 rings (SSSR count). The zero-order chi connectivity index (χ0) is 17.3. The fourth-order valence-electron chi connectivity index (χ4n) is 2.28. The summed E-state index contributed by atoms with van der Waals surface area (Å²) < 4.78 is 0. The summed E-state index contributed by atoms with van der Waals surface area (Å²) in [4.78, 5) is 16.8. The van der Waals surface area contributed by atoms with E-state index in [0.29, 0.717) is 10.7 Å². The molecule has 2 N–H and O–H groups in total. The van der Waals surface area contributed by atoms with E-state index in [0.717, 1.165) is 22.4 Å². The molecule has 0 atom stereocenters. The fraction of sp³-hybridized carbons (Fsp3) is 0.111. The lowest BCUT2D eigenvalue weighted by Crippen LogP contribution is -2.11. The Morgan fingerprint density at radius 1 is 1.21 bits per heavy atom. The SMILES string of the molecule is Cc1ccc(C)c(-c2csc(NC(=O)c3ccc(O)c(Cl)c3)n2)c1. The Morgan fingerprint density at radius 3 is 2.75 bits per heavy atom. The second-order valence-electron chi connectivity index (χ2n) is 5.48. The van der Waals surface area contributed by atoms with Crippen LogP contribution in [-0.2, 0) is 0 Å². The molecule has 6 heteroatoms. The second kappa shape index (κ2) is 6.63. The van der Waals surface area contributed by atoms with Crippen LogP contribution < -0.4 is 5.32 Å². The summed E-state index contributed by atoms with van der Waals surface area (Å²) >= 11 is 7.20. The zero-order valence-corrected chi connectivity index (χ0v) is 14.7. The van der Waals surface area contributed by atoms with Gasteiger partial charge >= 0.3 is 0 Å². The highest BCUT2D eigenvalue weighted by Gasteiger charge is 2.12. The van der Waals surface area contributed by atoms with E-state index in [1.807, 2.05) is 19.2 Å². The largest absolute Gasteiger partial charge is 0.506 e. The van der Waals surface area contributed by atoms with Gasteiger partial charge in [-0.25, -0.2) is 4.98 Å². The van der Waals surface area contributed by atoms with E-state index in [1.165, 1.54) is 29.5 Å². The van der Waals surface area contributed by atoms with Crippen LogP contribution in [0.1, 0.15) is 21.5 Å². The van der Waals surface area contributed by atoms with E-state index < -0.39 is 0 Å². The van der Waals surface area contributed by atoms with Crippen molar-refractivity contribution in [1.82, 2.24) is 4.98 Å². The van der Waals surface area contributed by atoms with Gasteiger partial charge in [-0.2, -0.15) is 0 Å². The maximum absolute atomic E-state index is 12.3. The van der Waals surface area contributed by atoms with Gasteiger partial charge in [-0.15, -0.1) is 11.3 Å². The Labute approximate surface area is 148 Å². The number of carbonyl (C=O) groups excluding carboxylic acids is 1. The van der Waals surface area contributed by atoms with Crippen molar-refractivity contribution in [2.24, 2.45) is 0 Å². The van der Waals surface area contributed by atoms with Crippen molar-refractivity contribution in [2.75, 3.05) is 5.32 Å². The van der Waals surface area contributed by atoms with Crippen LogP contribution >= 0.6 is 22.9 Å². The van der Waals surface area contributed by atoms with Gasteiger partial charge in [0.25, 0.3) is 5.91 Å². The quantitative estimate of drug-likeness (QED) is 0.689. The van der Waals surface area contributed by atoms with Gasteiger partial charge in [-0.1, -0.05) is 29.3 Å². The number of nitrogens with zero attached hydrogens (tertiary/aromatic N) is 1. The van der Waals surface area contributed by atoms with Crippen LogP contribution in [-0.4, -0.2) is 16.0 Å². The summed E-state index contributed by atoms with van der Waals surface area (Å²) in [6.07, 6.45) is 0. The molecule has 0 bridgehead atoms. The number of carbonyl (C=O) groups is 1. The molecule has 0 saturated heterocycles. The number of amides is 1. The molecule has 0 aliphatic heterocycles. The van der Waals surface area contributed by atoms with E-state index in [4.69, 9.17) is 11.6 Å². The Balaban J connectivity index is 1.82. The molecule has 24 heavy (non-hydrogen) atoms. The highest BCUT2D eigenvalue weighted by atomic mass is 35.5. The number of phenolic OH excluding ortho intramolecular Hbond substituents is 1. The molecule has 1 amide bonds. The minimum atomic E-state index is -0.321. The first-order valence-electron chi connectivity index (χ1n) is 7.27. The number of benzene rings is 2. The molecule has 2 aromatic carbocycles. The number of aryl methyl sites for hydroxylation is 2. The van der Waals surface area contributed by atoms with Crippen LogP contribution in [0, 0.1) is 13.8 Å². The molecule has 122 valence electrons. The van der Waals surface area contributed by atoms with Gasteiger partial charge in [0.1, 0.15) is 5.75 Å². The molecule has 3 aromatic rings. The normalized spacial score (nSPS) is 10.6. The summed E-state index contributed by atoms with van der Waals surface area (Å²) in [7, 11) is 0. The molecule has 0 radical (unpaired) electrons. The number of nitrogens with one attached hydrogen (secondary N) is 1. The lowest BCUT2D eigenvalue weighted by atomic mass is 10.0. The van der Waals surface area contributed by atoms with Crippen LogP contribution in [0.3, 0.4) is 0 Å². The van der Waals surface area contributed by atoms with Crippen molar-refractivity contribution in [3.05, 3.63) is 63.5 Å². The summed E-state index contributed by atoms with van der Waals surface area (Å²) in [5.41, 5.74) is 4.54.